The maximum atomic E-state index is 5.56. The molecule has 1 aromatic heterocycles. The maximum absolute atomic E-state index is 5.56. The molecule has 0 amide bonds. The molecule has 0 radical (unpaired) electrons. The number of hydrogen-bond donors (Lipinski definition) is 2. The summed E-state index contributed by atoms with van der Waals surface area (Å²) in [5.41, 5.74) is 3.29. The lowest BCUT2D eigenvalue weighted by molar-refractivity contribution is 0.133. The van der Waals surface area contributed by atoms with Crippen LogP contribution in [0, 0.1) is 13.8 Å². The molecule has 0 aliphatic rings. The van der Waals surface area contributed by atoms with E-state index in [1.54, 1.807) is 7.05 Å². The van der Waals surface area contributed by atoms with Crippen LogP contribution in [0.3, 0.4) is 0 Å². The Morgan fingerprint density at radius 2 is 1.84 bits per heavy atom. The molecule has 7 heteroatoms. The Labute approximate surface area is 166 Å². The summed E-state index contributed by atoms with van der Waals surface area (Å²) in [5.74, 6) is 2.21. The molecule has 138 valence electrons. The van der Waals surface area contributed by atoms with Gasteiger partial charge in [0.25, 0.3) is 0 Å². The number of aryl methyl sites for hydroxylation is 2. The number of aromatic nitrogens is 1. The Bertz CT molecular complexity index is 666. The third-order valence-electron chi connectivity index (χ3n) is 3.73. The number of benzene rings is 1. The standard InChI is InChI=1S/C18H26N4O2.HI/c1-5-23-12-16-9-7-6-8-15(16)10-20-18(19-4)21-11-17-22-13(2)14(3)24-17;/h6-9H,5,10-12H2,1-4H3,(H2,19,20,21);1H. The predicted molar refractivity (Wildman–Crippen MR) is 110 cm³/mol. The summed E-state index contributed by atoms with van der Waals surface area (Å²) in [6, 6.07) is 8.23. The molecule has 0 saturated heterocycles. The molecule has 1 heterocycles. The number of hydrogen-bond acceptors (Lipinski definition) is 4. The predicted octanol–water partition coefficient (Wildman–Crippen LogP) is 3.31. The Morgan fingerprint density at radius 1 is 1.16 bits per heavy atom. The fourth-order valence-corrected chi connectivity index (χ4v) is 2.26. The molecule has 25 heavy (non-hydrogen) atoms. The molecule has 0 spiro atoms. The van der Waals surface area contributed by atoms with Gasteiger partial charge in [-0.15, -0.1) is 24.0 Å². The van der Waals surface area contributed by atoms with Crippen LogP contribution in [0.4, 0.5) is 0 Å². The minimum absolute atomic E-state index is 0. The third-order valence-corrected chi connectivity index (χ3v) is 3.73. The third kappa shape index (κ3) is 6.66. The van der Waals surface area contributed by atoms with E-state index in [4.69, 9.17) is 9.15 Å². The summed E-state index contributed by atoms with van der Waals surface area (Å²) >= 11 is 0. The molecule has 2 aromatic rings. The fraction of sp³-hybridized carbons (Fsp3) is 0.444. The zero-order valence-electron chi connectivity index (χ0n) is 15.3. The highest BCUT2D eigenvalue weighted by Crippen LogP contribution is 2.10. The number of aliphatic imine (C=N–C) groups is 1. The fourth-order valence-electron chi connectivity index (χ4n) is 2.26. The molecule has 2 N–H and O–H groups in total. The second-order valence-electron chi connectivity index (χ2n) is 5.43. The highest BCUT2D eigenvalue weighted by Gasteiger charge is 2.07. The van der Waals surface area contributed by atoms with E-state index < -0.39 is 0 Å². The molecule has 0 saturated carbocycles. The minimum atomic E-state index is 0. The van der Waals surface area contributed by atoms with Gasteiger partial charge in [-0.3, -0.25) is 4.99 Å². The van der Waals surface area contributed by atoms with Crippen LogP contribution < -0.4 is 10.6 Å². The van der Waals surface area contributed by atoms with E-state index in [1.807, 2.05) is 32.9 Å². The first-order chi connectivity index (χ1) is 11.6. The Hall–Kier alpha value is -1.61. The molecule has 0 atom stereocenters. The van der Waals surface area contributed by atoms with Crippen molar-refractivity contribution in [3.05, 3.63) is 52.7 Å². The summed E-state index contributed by atoms with van der Waals surface area (Å²) in [6.45, 7) is 8.34. The molecule has 1 aromatic carbocycles. The van der Waals surface area contributed by atoms with Crippen LogP contribution in [0.15, 0.2) is 33.7 Å². The number of guanidine groups is 1. The van der Waals surface area contributed by atoms with E-state index >= 15 is 0 Å². The van der Waals surface area contributed by atoms with E-state index in [1.165, 1.54) is 11.1 Å². The molecule has 0 fully saturated rings. The van der Waals surface area contributed by atoms with Crippen molar-refractivity contribution in [3.63, 3.8) is 0 Å². The molecular formula is C18H27IN4O2. The molecule has 0 aliphatic heterocycles. The first-order valence-electron chi connectivity index (χ1n) is 8.16. The van der Waals surface area contributed by atoms with Gasteiger partial charge in [0.05, 0.1) is 18.8 Å². The van der Waals surface area contributed by atoms with Crippen molar-refractivity contribution < 1.29 is 9.15 Å². The minimum Gasteiger partial charge on any atom is -0.444 e. The number of oxazole rings is 1. The average Bonchev–Trinajstić information content (AvgIpc) is 2.92. The molecule has 2 rings (SSSR count). The second kappa shape index (κ2) is 11.1. The Kier molecular flexibility index (Phi) is 9.51. The van der Waals surface area contributed by atoms with Crippen molar-refractivity contribution in [3.8, 4) is 0 Å². The van der Waals surface area contributed by atoms with Gasteiger partial charge in [-0.05, 0) is 31.9 Å². The quantitative estimate of drug-likeness (QED) is 0.379. The van der Waals surface area contributed by atoms with Crippen LogP contribution in [0.2, 0.25) is 0 Å². The van der Waals surface area contributed by atoms with E-state index in [0.29, 0.717) is 38.2 Å². The zero-order chi connectivity index (χ0) is 17.4. The van der Waals surface area contributed by atoms with E-state index in [9.17, 15) is 0 Å². The summed E-state index contributed by atoms with van der Waals surface area (Å²) in [4.78, 5) is 8.59. The van der Waals surface area contributed by atoms with Gasteiger partial charge < -0.3 is 19.8 Å². The highest BCUT2D eigenvalue weighted by atomic mass is 127. The molecule has 0 unspecified atom stereocenters. The summed E-state index contributed by atoms with van der Waals surface area (Å²) in [7, 11) is 1.74. The number of nitrogens with zero attached hydrogens (tertiary/aromatic N) is 2. The van der Waals surface area contributed by atoms with E-state index in [0.717, 1.165) is 11.5 Å². The van der Waals surface area contributed by atoms with Crippen LogP contribution in [0.5, 0.6) is 0 Å². The van der Waals surface area contributed by atoms with Gasteiger partial charge in [-0.1, -0.05) is 24.3 Å². The average molecular weight is 458 g/mol. The topological polar surface area (TPSA) is 71.7 Å². The summed E-state index contributed by atoms with van der Waals surface area (Å²) < 4.78 is 11.1. The van der Waals surface area contributed by atoms with Gasteiger partial charge in [0.15, 0.2) is 5.96 Å². The lowest BCUT2D eigenvalue weighted by Crippen LogP contribution is -2.36. The van der Waals surface area contributed by atoms with Crippen molar-refractivity contribution in [1.29, 1.82) is 0 Å². The lowest BCUT2D eigenvalue weighted by Gasteiger charge is -2.13. The van der Waals surface area contributed by atoms with Gasteiger partial charge in [-0.25, -0.2) is 4.98 Å². The highest BCUT2D eigenvalue weighted by molar-refractivity contribution is 14.0. The van der Waals surface area contributed by atoms with Crippen LogP contribution in [-0.4, -0.2) is 24.6 Å². The van der Waals surface area contributed by atoms with E-state index in [2.05, 4.69) is 32.7 Å². The molecule has 0 aliphatic carbocycles. The van der Waals surface area contributed by atoms with E-state index in [-0.39, 0.29) is 24.0 Å². The maximum Gasteiger partial charge on any atom is 0.214 e. The van der Waals surface area contributed by atoms with Gasteiger partial charge in [0.1, 0.15) is 5.76 Å². The van der Waals surface area contributed by atoms with Gasteiger partial charge in [0.2, 0.25) is 5.89 Å². The summed E-state index contributed by atoms with van der Waals surface area (Å²) in [5, 5.41) is 6.52. The van der Waals surface area contributed by atoms with Crippen molar-refractivity contribution in [1.82, 2.24) is 15.6 Å². The van der Waals surface area contributed by atoms with Crippen LogP contribution in [0.25, 0.3) is 0 Å². The lowest BCUT2D eigenvalue weighted by atomic mass is 10.1. The molecule has 0 bridgehead atoms. The van der Waals surface area contributed by atoms with Crippen molar-refractivity contribution in [2.45, 2.75) is 40.5 Å². The van der Waals surface area contributed by atoms with Crippen LogP contribution >= 0.6 is 24.0 Å². The number of halogens is 1. The van der Waals surface area contributed by atoms with Gasteiger partial charge in [0, 0.05) is 20.2 Å². The summed E-state index contributed by atoms with van der Waals surface area (Å²) in [6.07, 6.45) is 0. The van der Waals surface area contributed by atoms with Gasteiger partial charge >= 0.3 is 0 Å². The second-order valence-corrected chi connectivity index (χ2v) is 5.43. The first-order valence-corrected chi connectivity index (χ1v) is 8.16. The normalized spacial score (nSPS) is 11.1. The number of rotatable bonds is 7. The van der Waals surface area contributed by atoms with Crippen molar-refractivity contribution >= 4 is 29.9 Å². The van der Waals surface area contributed by atoms with Crippen molar-refractivity contribution in [2.24, 2.45) is 4.99 Å². The molecule has 6 nitrogen and oxygen atoms in total. The van der Waals surface area contributed by atoms with Gasteiger partial charge in [-0.2, -0.15) is 0 Å². The SMILES string of the molecule is CCOCc1ccccc1CNC(=NC)NCc1nc(C)c(C)o1.I. The monoisotopic (exact) mass is 458 g/mol. The number of ether oxygens (including phenoxy) is 1. The van der Waals surface area contributed by atoms with Crippen LogP contribution in [0.1, 0.15) is 35.4 Å². The first kappa shape index (κ1) is 21.4. The Morgan fingerprint density at radius 3 is 2.44 bits per heavy atom. The van der Waals surface area contributed by atoms with Crippen molar-refractivity contribution in [2.75, 3.05) is 13.7 Å². The Balaban J connectivity index is 0.00000312. The number of nitrogens with one attached hydrogen (secondary N) is 2. The van der Waals surface area contributed by atoms with Crippen LogP contribution in [-0.2, 0) is 24.4 Å². The smallest absolute Gasteiger partial charge is 0.214 e. The zero-order valence-corrected chi connectivity index (χ0v) is 17.6. The largest absolute Gasteiger partial charge is 0.444 e. The molecular weight excluding hydrogens is 431 g/mol.